The Morgan fingerprint density at radius 3 is 2.81 bits per heavy atom. The number of aliphatic hydroxyl groups is 1. The number of hydrogen-bond donors (Lipinski definition) is 4. The monoisotopic (exact) mass is 418 g/mol. The summed E-state index contributed by atoms with van der Waals surface area (Å²) in [6, 6.07) is 14.2. The molecule has 2 aromatic heterocycles. The third kappa shape index (κ3) is 3.40. The third-order valence-corrected chi connectivity index (χ3v) is 6.82. The Labute approximate surface area is 181 Å². The van der Waals surface area contributed by atoms with E-state index in [0.717, 1.165) is 28.5 Å². The molecule has 1 aliphatic rings. The molecule has 6 nitrogen and oxygen atoms in total. The maximum absolute atomic E-state index is 12.4. The second-order valence-corrected chi connectivity index (χ2v) is 9.57. The number of para-hydroxylation sites is 2. The number of fused-ring (bicyclic) bond motifs is 1. The van der Waals surface area contributed by atoms with E-state index in [4.69, 9.17) is 0 Å². The standard InChI is InChI=1S/C25H30N4O2/c1-15(13-25(2,3)18-14-26-19-9-5-4-7-16(18)19)27-21-11-12-29-22-17(23(21)30)8-6-10-20(22)28-24(29)31/h4-10,14-15,21,23,26-27,30H,11-13H2,1-3H3,(H,28,31). The first-order valence-electron chi connectivity index (χ1n) is 11.1. The lowest BCUT2D eigenvalue weighted by Gasteiger charge is -2.32. The van der Waals surface area contributed by atoms with Crippen LogP contribution in [0, 0.1) is 0 Å². The number of nitrogens with zero attached hydrogens (tertiary/aromatic N) is 1. The van der Waals surface area contributed by atoms with Crippen LogP contribution in [0.3, 0.4) is 0 Å². The highest BCUT2D eigenvalue weighted by Gasteiger charge is 2.31. The van der Waals surface area contributed by atoms with E-state index in [2.05, 4.69) is 66.5 Å². The molecule has 0 fully saturated rings. The molecule has 2 aromatic carbocycles. The third-order valence-electron chi connectivity index (χ3n) is 6.82. The molecular formula is C25H30N4O2. The molecule has 3 unspecified atom stereocenters. The number of aliphatic hydroxyl groups excluding tert-OH is 1. The maximum atomic E-state index is 12.4. The van der Waals surface area contributed by atoms with Crippen molar-refractivity contribution >= 4 is 21.9 Å². The minimum Gasteiger partial charge on any atom is -0.387 e. The molecule has 0 spiro atoms. The first-order valence-corrected chi connectivity index (χ1v) is 11.1. The van der Waals surface area contributed by atoms with Gasteiger partial charge in [0.1, 0.15) is 0 Å². The zero-order valence-corrected chi connectivity index (χ0v) is 18.3. The van der Waals surface area contributed by atoms with Crippen molar-refractivity contribution in [3.05, 3.63) is 70.3 Å². The van der Waals surface area contributed by atoms with Gasteiger partial charge in [0, 0.05) is 41.3 Å². The van der Waals surface area contributed by atoms with Crippen LogP contribution in [0.5, 0.6) is 0 Å². The summed E-state index contributed by atoms with van der Waals surface area (Å²) >= 11 is 0. The highest BCUT2D eigenvalue weighted by molar-refractivity contribution is 5.84. The van der Waals surface area contributed by atoms with Crippen LogP contribution in [0.1, 0.15) is 50.8 Å². The van der Waals surface area contributed by atoms with Gasteiger partial charge in [-0.05, 0) is 42.9 Å². The van der Waals surface area contributed by atoms with E-state index >= 15 is 0 Å². The second kappa shape index (κ2) is 7.39. The summed E-state index contributed by atoms with van der Waals surface area (Å²) in [5.74, 6) is 0. The molecule has 0 amide bonds. The van der Waals surface area contributed by atoms with Crippen molar-refractivity contribution in [1.29, 1.82) is 0 Å². The van der Waals surface area contributed by atoms with Crippen molar-refractivity contribution in [2.75, 3.05) is 0 Å². The minimum absolute atomic E-state index is 0.0376. The average molecular weight is 419 g/mol. The molecule has 162 valence electrons. The first-order chi connectivity index (χ1) is 14.8. The van der Waals surface area contributed by atoms with Crippen LogP contribution < -0.4 is 11.0 Å². The number of aromatic amines is 2. The normalized spacial score (nSPS) is 20.3. The summed E-state index contributed by atoms with van der Waals surface area (Å²) in [4.78, 5) is 18.7. The lowest BCUT2D eigenvalue weighted by Crippen LogP contribution is -2.43. The van der Waals surface area contributed by atoms with E-state index in [1.54, 1.807) is 4.57 Å². The van der Waals surface area contributed by atoms with Crippen molar-refractivity contribution in [3.63, 3.8) is 0 Å². The van der Waals surface area contributed by atoms with Crippen LogP contribution in [0.2, 0.25) is 0 Å². The van der Waals surface area contributed by atoms with E-state index in [-0.39, 0.29) is 23.2 Å². The number of H-pyrrole nitrogens is 2. The topological polar surface area (TPSA) is 85.8 Å². The zero-order valence-electron chi connectivity index (χ0n) is 18.3. The van der Waals surface area contributed by atoms with E-state index in [1.165, 1.54) is 10.9 Å². The summed E-state index contributed by atoms with van der Waals surface area (Å²) in [7, 11) is 0. The van der Waals surface area contributed by atoms with Gasteiger partial charge in [-0.15, -0.1) is 0 Å². The molecule has 1 aliphatic heterocycles. The summed E-state index contributed by atoms with van der Waals surface area (Å²) < 4.78 is 1.76. The Kier molecular flexibility index (Phi) is 4.79. The Hall–Kier alpha value is -2.83. The molecule has 5 rings (SSSR count). The summed E-state index contributed by atoms with van der Waals surface area (Å²) in [6.45, 7) is 7.32. The van der Waals surface area contributed by atoms with Crippen molar-refractivity contribution in [2.45, 2.75) is 63.8 Å². The highest BCUT2D eigenvalue weighted by atomic mass is 16.3. The predicted octanol–water partition coefficient (Wildman–Crippen LogP) is 3.96. The van der Waals surface area contributed by atoms with Crippen molar-refractivity contribution in [3.8, 4) is 0 Å². The Balaban J connectivity index is 1.37. The molecule has 31 heavy (non-hydrogen) atoms. The zero-order chi connectivity index (χ0) is 21.8. The molecule has 0 saturated carbocycles. The van der Waals surface area contributed by atoms with Crippen molar-refractivity contribution in [1.82, 2.24) is 19.9 Å². The van der Waals surface area contributed by atoms with Gasteiger partial charge in [0.15, 0.2) is 0 Å². The van der Waals surface area contributed by atoms with Gasteiger partial charge < -0.3 is 20.4 Å². The van der Waals surface area contributed by atoms with Gasteiger partial charge in [-0.1, -0.05) is 44.2 Å². The van der Waals surface area contributed by atoms with Crippen LogP contribution >= 0.6 is 0 Å². The van der Waals surface area contributed by atoms with Gasteiger partial charge in [0.05, 0.1) is 17.1 Å². The summed E-state index contributed by atoms with van der Waals surface area (Å²) in [6.07, 6.45) is 3.08. The number of rotatable bonds is 5. The second-order valence-electron chi connectivity index (χ2n) is 9.57. The number of imidazole rings is 1. The van der Waals surface area contributed by atoms with Crippen molar-refractivity contribution < 1.29 is 5.11 Å². The van der Waals surface area contributed by atoms with Gasteiger partial charge in [-0.3, -0.25) is 4.57 Å². The van der Waals surface area contributed by atoms with Gasteiger partial charge in [-0.25, -0.2) is 4.79 Å². The minimum atomic E-state index is -0.661. The van der Waals surface area contributed by atoms with Crippen LogP contribution in [0.25, 0.3) is 21.9 Å². The van der Waals surface area contributed by atoms with Gasteiger partial charge >= 0.3 is 5.69 Å². The lowest BCUT2D eigenvalue weighted by atomic mass is 9.79. The molecule has 3 atom stereocenters. The molecule has 6 heteroatoms. The van der Waals surface area contributed by atoms with E-state index in [0.29, 0.717) is 13.0 Å². The molecule has 0 aliphatic carbocycles. The number of aryl methyl sites for hydroxylation is 1. The number of aromatic nitrogens is 3. The van der Waals surface area contributed by atoms with E-state index < -0.39 is 6.10 Å². The van der Waals surface area contributed by atoms with Gasteiger partial charge in [0.25, 0.3) is 0 Å². The summed E-state index contributed by atoms with van der Waals surface area (Å²) in [5.41, 5.74) is 4.75. The molecule has 3 heterocycles. The SMILES string of the molecule is CC(CC(C)(C)c1c[nH]c2ccccc12)NC1CCn2c(=O)[nH]c3cccc(c32)C1O. The fourth-order valence-electron chi connectivity index (χ4n) is 5.45. The molecule has 0 bridgehead atoms. The van der Waals surface area contributed by atoms with Crippen molar-refractivity contribution in [2.24, 2.45) is 0 Å². The predicted molar refractivity (Wildman–Crippen MR) is 124 cm³/mol. The van der Waals surface area contributed by atoms with Gasteiger partial charge in [0.2, 0.25) is 0 Å². The molecule has 4 N–H and O–H groups in total. The average Bonchev–Trinajstić information content (AvgIpc) is 3.27. The van der Waals surface area contributed by atoms with Crippen LogP contribution in [-0.4, -0.2) is 31.7 Å². The maximum Gasteiger partial charge on any atom is 0.326 e. The molecule has 0 radical (unpaired) electrons. The van der Waals surface area contributed by atoms with Crippen LogP contribution in [-0.2, 0) is 12.0 Å². The first kappa shape index (κ1) is 20.1. The fourth-order valence-corrected chi connectivity index (χ4v) is 5.45. The fraction of sp³-hybridized carbons (Fsp3) is 0.400. The largest absolute Gasteiger partial charge is 0.387 e. The lowest BCUT2D eigenvalue weighted by molar-refractivity contribution is 0.116. The Bertz CT molecular complexity index is 1300. The Morgan fingerprint density at radius 2 is 1.97 bits per heavy atom. The smallest absolute Gasteiger partial charge is 0.326 e. The van der Waals surface area contributed by atoms with Crippen LogP contribution in [0.4, 0.5) is 0 Å². The van der Waals surface area contributed by atoms with E-state index in [9.17, 15) is 9.90 Å². The van der Waals surface area contributed by atoms with Crippen LogP contribution in [0.15, 0.2) is 53.5 Å². The summed E-state index contributed by atoms with van der Waals surface area (Å²) in [5, 5.41) is 16.1. The number of nitrogens with one attached hydrogen (secondary N) is 3. The van der Waals surface area contributed by atoms with E-state index in [1.807, 2.05) is 18.2 Å². The highest BCUT2D eigenvalue weighted by Crippen LogP contribution is 2.35. The molecular weight excluding hydrogens is 388 g/mol. The molecule has 4 aromatic rings. The molecule has 0 saturated heterocycles. The quantitative estimate of drug-likeness (QED) is 0.396. The Morgan fingerprint density at radius 1 is 1.19 bits per heavy atom. The van der Waals surface area contributed by atoms with Gasteiger partial charge in [-0.2, -0.15) is 0 Å². The number of benzene rings is 2. The number of hydrogen-bond acceptors (Lipinski definition) is 3.